The van der Waals surface area contributed by atoms with Gasteiger partial charge in [-0.3, -0.25) is 9.59 Å². The third-order valence-electron chi connectivity index (χ3n) is 8.39. The van der Waals surface area contributed by atoms with Crippen molar-refractivity contribution < 1.29 is 33.8 Å². The van der Waals surface area contributed by atoms with Crippen LogP contribution >= 0.6 is 0 Å². The van der Waals surface area contributed by atoms with Gasteiger partial charge in [0.05, 0.1) is 25.1 Å². The standard InChI is InChI=1S/C39H45N3O7/c1-3-5-20-35(42-39(47)49-26-34-32-18-11-9-16-30(32)31-17-10-12-19-33(31)34)38(46)48-22-21-40-37(45)28(13-4-2)24-36(44)41-29(25-43)23-27-14-7-6-8-15-27/h3-4,6-12,14-19,28-29,34-35,43H,1-2,5,13,20-26H2,(H,40,45)(H,41,44)(H,42,47)/t28-,29+,35+/m1/s1. The summed E-state index contributed by atoms with van der Waals surface area (Å²) in [6, 6.07) is 24.1. The van der Waals surface area contributed by atoms with Crippen LogP contribution in [0.15, 0.2) is 104 Å². The molecule has 49 heavy (non-hydrogen) atoms. The number of rotatable bonds is 19. The summed E-state index contributed by atoms with van der Waals surface area (Å²) >= 11 is 0. The van der Waals surface area contributed by atoms with E-state index >= 15 is 0 Å². The van der Waals surface area contributed by atoms with Gasteiger partial charge in [-0.15, -0.1) is 13.2 Å². The highest BCUT2D eigenvalue weighted by Crippen LogP contribution is 2.44. The predicted molar refractivity (Wildman–Crippen MR) is 187 cm³/mol. The van der Waals surface area contributed by atoms with Gasteiger partial charge in [-0.25, -0.2) is 9.59 Å². The molecule has 0 heterocycles. The predicted octanol–water partition coefficient (Wildman–Crippen LogP) is 4.82. The Morgan fingerprint density at radius 1 is 0.837 bits per heavy atom. The zero-order valence-corrected chi connectivity index (χ0v) is 27.6. The minimum Gasteiger partial charge on any atom is -0.462 e. The van der Waals surface area contributed by atoms with Crippen LogP contribution in [0.3, 0.4) is 0 Å². The van der Waals surface area contributed by atoms with Gasteiger partial charge < -0.3 is 30.5 Å². The number of carbonyl (C=O) groups excluding carboxylic acids is 4. The zero-order chi connectivity index (χ0) is 35.0. The summed E-state index contributed by atoms with van der Waals surface area (Å²) in [5.41, 5.74) is 5.35. The molecule has 0 saturated heterocycles. The SMILES string of the molecule is C=CCC[C@H](NC(=O)OCC1c2ccccc2-c2ccccc21)C(=O)OCCNC(=O)[C@H](CC=C)CC(=O)N[C@H](CO)Cc1ccccc1. The number of esters is 1. The summed E-state index contributed by atoms with van der Waals surface area (Å²) in [5.74, 6) is -2.25. The lowest BCUT2D eigenvalue weighted by molar-refractivity contribution is -0.146. The molecule has 0 unspecified atom stereocenters. The summed E-state index contributed by atoms with van der Waals surface area (Å²) in [4.78, 5) is 51.4. The van der Waals surface area contributed by atoms with Crippen molar-refractivity contribution in [2.24, 2.45) is 5.92 Å². The number of fused-ring (bicyclic) bond motifs is 3. The van der Waals surface area contributed by atoms with Gasteiger partial charge >= 0.3 is 12.1 Å². The first-order valence-corrected chi connectivity index (χ1v) is 16.6. The average Bonchev–Trinajstić information content (AvgIpc) is 3.44. The van der Waals surface area contributed by atoms with Crippen LogP contribution in [0, 0.1) is 5.92 Å². The maximum atomic E-state index is 12.9. The van der Waals surface area contributed by atoms with Crippen LogP contribution in [0.4, 0.5) is 4.79 Å². The van der Waals surface area contributed by atoms with Crippen molar-refractivity contribution in [3.05, 3.63) is 121 Å². The van der Waals surface area contributed by atoms with Crippen molar-refractivity contribution in [3.63, 3.8) is 0 Å². The minimum absolute atomic E-state index is 0.00618. The number of nitrogens with one attached hydrogen (secondary N) is 3. The normalized spacial score (nSPS) is 13.5. The molecule has 1 aliphatic rings. The van der Waals surface area contributed by atoms with E-state index in [0.29, 0.717) is 12.8 Å². The van der Waals surface area contributed by atoms with E-state index in [1.165, 1.54) is 0 Å². The lowest BCUT2D eigenvalue weighted by Gasteiger charge is -2.20. The topological polar surface area (TPSA) is 143 Å². The van der Waals surface area contributed by atoms with Crippen molar-refractivity contribution in [3.8, 4) is 11.1 Å². The van der Waals surface area contributed by atoms with E-state index in [9.17, 15) is 24.3 Å². The summed E-state index contributed by atoms with van der Waals surface area (Å²) in [5, 5.41) is 17.9. The number of ether oxygens (including phenoxy) is 2. The Morgan fingerprint density at radius 3 is 2.12 bits per heavy atom. The zero-order valence-electron chi connectivity index (χ0n) is 27.6. The van der Waals surface area contributed by atoms with E-state index in [1.54, 1.807) is 12.2 Å². The van der Waals surface area contributed by atoms with E-state index in [1.807, 2.05) is 66.7 Å². The molecule has 3 aromatic carbocycles. The van der Waals surface area contributed by atoms with Gasteiger partial charge in [-0.2, -0.15) is 0 Å². The molecule has 4 rings (SSSR count). The molecule has 258 valence electrons. The molecule has 3 atom stereocenters. The molecule has 0 aromatic heterocycles. The summed E-state index contributed by atoms with van der Waals surface area (Å²) < 4.78 is 11.0. The fourth-order valence-electron chi connectivity index (χ4n) is 5.94. The Bertz CT molecular complexity index is 1550. The van der Waals surface area contributed by atoms with Crippen molar-refractivity contribution in [2.75, 3.05) is 26.4 Å². The molecular weight excluding hydrogens is 622 g/mol. The number of aliphatic hydroxyl groups excluding tert-OH is 1. The number of allylic oxidation sites excluding steroid dienone is 2. The van der Waals surface area contributed by atoms with Crippen LogP contribution in [0.5, 0.6) is 0 Å². The lowest BCUT2D eigenvalue weighted by Crippen LogP contribution is -2.43. The molecule has 0 aliphatic heterocycles. The van der Waals surface area contributed by atoms with Gasteiger partial charge in [0.25, 0.3) is 0 Å². The van der Waals surface area contributed by atoms with E-state index in [4.69, 9.17) is 9.47 Å². The molecule has 3 aromatic rings. The van der Waals surface area contributed by atoms with Crippen LogP contribution in [-0.2, 0) is 30.3 Å². The fourth-order valence-corrected chi connectivity index (χ4v) is 5.94. The lowest BCUT2D eigenvalue weighted by atomic mass is 9.98. The van der Waals surface area contributed by atoms with E-state index in [0.717, 1.165) is 27.8 Å². The summed E-state index contributed by atoms with van der Waals surface area (Å²) in [7, 11) is 0. The maximum Gasteiger partial charge on any atom is 0.407 e. The van der Waals surface area contributed by atoms with Gasteiger partial charge in [-0.1, -0.05) is 91.0 Å². The quantitative estimate of drug-likeness (QED) is 0.0816. The second-order valence-corrected chi connectivity index (χ2v) is 11.9. The Hall–Kier alpha value is -5.22. The van der Waals surface area contributed by atoms with Crippen LogP contribution < -0.4 is 16.0 Å². The Balaban J connectivity index is 1.22. The first kappa shape index (κ1) is 36.6. The van der Waals surface area contributed by atoms with Gasteiger partial charge in [0, 0.05) is 12.3 Å². The van der Waals surface area contributed by atoms with Gasteiger partial charge in [-0.05, 0) is 53.5 Å². The van der Waals surface area contributed by atoms with Crippen molar-refractivity contribution in [1.82, 2.24) is 16.0 Å². The molecule has 10 heteroatoms. The number of benzene rings is 3. The highest BCUT2D eigenvalue weighted by atomic mass is 16.6. The molecule has 10 nitrogen and oxygen atoms in total. The molecule has 1 aliphatic carbocycles. The summed E-state index contributed by atoms with van der Waals surface area (Å²) in [6.45, 7) is 7.12. The number of amides is 3. The first-order valence-electron chi connectivity index (χ1n) is 16.6. The molecule has 0 saturated carbocycles. The molecule has 4 N–H and O–H groups in total. The van der Waals surface area contributed by atoms with Crippen LogP contribution in [-0.4, -0.2) is 67.4 Å². The Labute approximate surface area is 287 Å². The van der Waals surface area contributed by atoms with Gasteiger partial charge in [0.1, 0.15) is 19.3 Å². The highest BCUT2D eigenvalue weighted by Gasteiger charge is 2.30. The van der Waals surface area contributed by atoms with Gasteiger partial charge in [0.2, 0.25) is 11.8 Å². The van der Waals surface area contributed by atoms with E-state index in [2.05, 4.69) is 41.2 Å². The molecule has 0 radical (unpaired) electrons. The van der Waals surface area contributed by atoms with Crippen LogP contribution in [0.1, 0.15) is 48.3 Å². The average molecular weight is 668 g/mol. The molecule has 0 spiro atoms. The van der Waals surface area contributed by atoms with Crippen molar-refractivity contribution in [2.45, 2.75) is 50.1 Å². The number of aliphatic hydroxyl groups is 1. The number of hydrogen-bond donors (Lipinski definition) is 4. The van der Waals surface area contributed by atoms with Crippen molar-refractivity contribution in [1.29, 1.82) is 0 Å². The maximum absolute atomic E-state index is 12.9. The second-order valence-electron chi connectivity index (χ2n) is 11.9. The largest absolute Gasteiger partial charge is 0.462 e. The monoisotopic (exact) mass is 667 g/mol. The first-order chi connectivity index (χ1) is 23.8. The highest BCUT2D eigenvalue weighted by molar-refractivity contribution is 5.86. The third kappa shape index (κ3) is 10.6. The van der Waals surface area contributed by atoms with E-state index in [-0.39, 0.29) is 57.5 Å². The van der Waals surface area contributed by atoms with Crippen LogP contribution in [0.2, 0.25) is 0 Å². The summed E-state index contributed by atoms with van der Waals surface area (Å²) in [6.07, 6.45) is 3.79. The van der Waals surface area contributed by atoms with Crippen LogP contribution in [0.25, 0.3) is 11.1 Å². The van der Waals surface area contributed by atoms with Gasteiger partial charge in [0.15, 0.2) is 0 Å². The number of hydrogen-bond acceptors (Lipinski definition) is 7. The molecule has 3 amide bonds. The second kappa shape index (κ2) is 18.9. The Kier molecular flexibility index (Phi) is 14.2. The number of alkyl carbamates (subject to hydrolysis) is 1. The smallest absolute Gasteiger partial charge is 0.407 e. The fraction of sp³-hybridized carbons (Fsp3) is 0.333. The third-order valence-corrected chi connectivity index (χ3v) is 8.39. The van der Waals surface area contributed by atoms with E-state index < -0.39 is 36.0 Å². The molecule has 0 fully saturated rings. The minimum atomic E-state index is -0.975. The number of carbonyl (C=O) groups is 4. The molecular formula is C39H45N3O7. The molecule has 0 bridgehead atoms. The van der Waals surface area contributed by atoms with Crippen molar-refractivity contribution >= 4 is 23.9 Å². The Morgan fingerprint density at radius 2 is 1.49 bits per heavy atom.